The lowest BCUT2D eigenvalue weighted by Crippen LogP contribution is -2.49. The highest BCUT2D eigenvalue weighted by molar-refractivity contribution is 5.80. The highest BCUT2D eigenvalue weighted by atomic mass is 16.1. The van der Waals surface area contributed by atoms with E-state index in [-0.39, 0.29) is 11.9 Å². The molecule has 0 fully saturated rings. The Kier molecular flexibility index (Phi) is 4.80. The van der Waals surface area contributed by atoms with Gasteiger partial charge < -0.3 is 16.0 Å². The van der Waals surface area contributed by atoms with Crippen molar-refractivity contribution in [1.29, 1.82) is 0 Å². The largest absolute Gasteiger partial charge is 0.369 e. The molecule has 3 N–H and O–H groups in total. The van der Waals surface area contributed by atoms with Gasteiger partial charge in [-0.3, -0.25) is 4.79 Å². The zero-order valence-electron chi connectivity index (χ0n) is 11.6. The number of rotatable bonds is 5. The second kappa shape index (κ2) is 6.57. The van der Waals surface area contributed by atoms with Crippen LogP contribution in [0.15, 0.2) is 24.3 Å². The Labute approximate surface area is 115 Å². The van der Waals surface area contributed by atoms with Crippen molar-refractivity contribution in [3.63, 3.8) is 0 Å². The van der Waals surface area contributed by atoms with Gasteiger partial charge in [-0.05, 0) is 37.4 Å². The first-order chi connectivity index (χ1) is 9.22. The summed E-state index contributed by atoms with van der Waals surface area (Å²) in [5.74, 6) is -0.274. The fourth-order valence-corrected chi connectivity index (χ4v) is 2.68. The highest BCUT2D eigenvalue weighted by Crippen LogP contribution is 2.25. The number of carbonyl (C=O) groups is 1. The second-order valence-corrected chi connectivity index (χ2v) is 5.04. The topological polar surface area (TPSA) is 58.4 Å². The molecule has 0 aliphatic carbocycles. The number of hydrogen-bond donors (Lipinski definition) is 2. The first kappa shape index (κ1) is 13.9. The summed E-state index contributed by atoms with van der Waals surface area (Å²) in [7, 11) is 0. The summed E-state index contributed by atoms with van der Waals surface area (Å²) < 4.78 is 0. The minimum atomic E-state index is -0.281. The number of amides is 1. The molecule has 4 heteroatoms. The van der Waals surface area contributed by atoms with Gasteiger partial charge in [-0.25, -0.2) is 0 Å². The van der Waals surface area contributed by atoms with Crippen molar-refractivity contribution in [3.8, 4) is 0 Å². The van der Waals surface area contributed by atoms with Crippen molar-refractivity contribution in [3.05, 3.63) is 29.8 Å². The van der Waals surface area contributed by atoms with Gasteiger partial charge in [0, 0.05) is 18.8 Å². The maximum Gasteiger partial charge on any atom is 0.236 e. The minimum absolute atomic E-state index is 0.274. The molecule has 1 aliphatic rings. The molecule has 4 nitrogen and oxygen atoms in total. The fraction of sp³-hybridized carbons (Fsp3) is 0.533. The minimum Gasteiger partial charge on any atom is -0.369 e. The first-order valence-corrected chi connectivity index (χ1v) is 7.08. The lowest BCUT2D eigenvalue weighted by Gasteiger charge is -2.28. The Morgan fingerprint density at radius 1 is 1.42 bits per heavy atom. The SMILES string of the molecule is CCNC(CN1CCCCc2ccccc21)C(N)=O. The van der Waals surface area contributed by atoms with Crippen LogP contribution in [0.25, 0.3) is 0 Å². The van der Waals surface area contributed by atoms with Crippen molar-refractivity contribution in [2.45, 2.75) is 32.2 Å². The van der Waals surface area contributed by atoms with E-state index in [2.05, 4.69) is 34.5 Å². The lowest BCUT2D eigenvalue weighted by atomic mass is 10.1. The predicted molar refractivity (Wildman–Crippen MR) is 78.3 cm³/mol. The molecule has 0 spiro atoms. The van der Waals surface area contributed by atoms with Crippen molar-refractivity contribution >= 4 is 11.6 Å². The number of fused-ring (bicyclic) bond motifs is 1. The molecule has 1 aromatic rings. The maximum atomic E-state index is 11.5. The summed E-state index contributed by atoms with van der Waals surface area (Å²) >= 11 is 0. The van der Waals surface area contributed by atoms with Crippen LogP contribution in [-0.4, -0.2) is 31.6 Å². The predicted octanol–water partition coefficient (Wildman–Crippen LogP) is 1.29. The molecule has 0 saturated carbocycles. The number of nitrogens with zero attached hydrogens (tertiary/aromatic N) is 1. The molecular weight excluding hydrogens is 238 g/mol. The summed E-state index contributed by atoms with van der Waals surface area (Å²) in [4.78, 5) is 13.8. The number of likely N-dealkylation sites (N-methyl/N-ethyl adjacent to an activating group) is 1. The van der Waals surface area contributed by atoms with E-state index in [0.717, 1.165) is 25.9 Å². The van der Waals surface area contributed by atoms with Crippen LogP contribution in [0.2, 0.25) is 0 Å². The molecule has 0 saturated heterocycles. The zero-order valence-corrected chi connectivity index (χ0v) is 11.6. The molecule has 0 radical (unpaired) electrons. The van der Waals surface area contributed by atoms with Crippen LogP contribution in [0.5, 0.6) is 0 Å². The standard InChI is InChI=1S/C15H23N3O/c1-2-17-13(15(16)19)11-18-10-6-5-8-12-7-3-4-9-14(12)18/h3-4,7,9,13,17H,2,5-6,8,10-11H2,1H3,(H2,16,19). The van der Waals surface area contributed by atoms with Crippen LogP contribution in [0.3, 0.4) is 0 Å². The summed E-state index contributed by atoms with van der Waals surface area (Å²) in [5, 5.41) is 3.16. The van der Waals surface area contributed by atoms with Crippen molar-refractivity contribution in [2.24, 2.45) is 5.73 Å². The molecule has 19 heavy (non-hydrogen) atoms. The second-order valence-electron chi connectivity index (χ2n) is 5.04. The van der Waals surface area contributed by atoms with E-state index in [1.807, 2.05) is 6.92 Å². The number of aryl methyl sites for hydroxylation is 1. The number of nitrogens with two attached hydrogens (primary N) is 1. The Hall–Kier alpha value is -1.55. The number of carbonyl (C=O) groups excluding carboxylic acids is 1. The highest BCUT2D eigenvalue weighted by Gasteiger charge is 2.21. The number of nitrogens with one attached hydrogen (secondary N) is 1. The van der Waals surface area contributed by atoms with Gasteiger partial charge in [0.05, 0.1) is 0 Å². The summed E-state index contributed by atoms with van der Waals surface area (Å²) in [5.41, 5.74) is 8.10. The molecule has 1 aromatic carbocycles. The van der Waals surface area contributed by atoms with E-state index in [1.165, 1.54) is 17.7 Å². The molecule has 2 rings (SSSR count). The summed E-state index contributed by atoms with van der Waals surface area (Å²) in [6, 6.07) is 8.18. The quantitative estimate of drug-likeness (QED) is 0.840. The molecule has 0 bridgehead atoms. The van der Waals surface area contributed by atoms with Gasteiger partial charge in [0.25, 0.3) is 0 Å². The molecule has 104 valence electrons. The molecule has 1 unspecified atom stereocenters. The van der Waals surface area contributed by atoms with Gasteiger partial charge in [0.15, 0.2) is 0 Å². The fourth-order valence-electron chi connectivity index (χ4n) is 2.68. The third kappa shape index (κ3) is 3.47. The lowest BCUT2D eigenvalue weighted by molar-refractivity contribution is -0.119. The van der Waals surface area contributed by atoms with E-state index < -0.39 is 0 Å². The normalized spacial score (nSPS) is 16.6. The molecule has 0 aromatic heterocycles. The van der Waals surface area contributed by atoms with Gasteiger partial charge in [-0.2, -0.15) is 0 Å². The van der Waals surface area contributed by atoms with Crippen LogP contribution >= 0.6 is 0 Å². The molecule has 1 heterocycles. The van der Waals surface area contributed by atoms with E-state index >= 15 is 0 Å². The van der Waals surface area contributed by atoms with Crippen LogP contribution < -0.4 is 16.0 Å². The van der Waals surface area contributed by atoms with Gasteiger partial charge >= 0.3 is 0 Å². The average Bonchev–Trinajstić information content (AvgIpc) is 2.61. The molecule has 1 amide bonds. The zero-order chi connectivity index (χ0) is 13.7. The van der Waals surface area contributed by atoms with Crippen molar-refractivity contribution in [2.75, 3.05) is 24.5 Å². The number of anilines is 1. The van der Waals surface area contributed by atoms with Crippen molar-refractivity contribution < 1.29 is 4.79 Å². The Bertz CT molecular complexity index is 433. The Balaban J connectivity index is 2.17. The number of hydrogen-bond acceptors (Lipinski definition) is 3. The first-order valence-electron chi connectivity index (χ1n) is 7.08. The monoisotopic (exact) mass is 261 g/mol. The molecule has 1 atom stereocenters. The van der Waals surface area contributed by atoms with Gasteiger partial charge in [0.2, 0.25) is 5.91 Å². The van der Waals surface area contributed by atoms with E-state index in [1.54, 1.807) is 0 Å². The van der Waals surface area contributed by atoms with Crippen LogP contribution in [0.4, 0.5) is 5.69 Å². The van der Waals surface area contributed by atoms with Gasteiger partial charge in [-0.1, -0.05) is 25.1 Å². The maximum absolute atomic E-state index is 11.5. The third-order valence-electron chi connectivity index (χ3n) is 3.65. The third-order valence-corrected chi connectivity index (χ3v) is 3.65. The summed E-state index contributed by atoms with van der Waals surface area (Å²) in [6.07, 6.45) is 3.48. The van der Waals surface area contributed by atoms with Gasteiger partial charge in [-0.15, -0.1) is 0 Å². The van der Waals surface area contributed by atoms with E-state index in [4.69, 9.17) is 5.73 Å². The van der Waals surface area contributed by atoms with Crippen LogP contribution in [0.1, 0.15) is 25.3 Å². The molecular formula is C15H23N3O. The Morgan fingerprint density at radius 3 is 2.95 bits per heavy atom. The van der Waals surface area contributed by atoms with E-state index in [0.29, 0.717) is 6.54 Å². The van der Waals surface area contributed by atoms with Crippen LogP contribution in [0, 0.1) is 0 Å². The summed E-state index contributed by atoms with van der Waals surface area (Å²) in [6.45, 7) is 4.39. The van der Waals surface area contributed by atoms with E-state index in [9.17, 15) is 4.79 Å². The molecule has 1 aliphatic heterocycles. The number of primary amides is 1. The Morgan fingerprint density at radius 2 is 2.21 bits per heavy atom. The van der Waals surface area contributed by atoms with Gasteiger partial charge in [0.1, 0.15) is 6.04 Å². The van der Waals surface area contributed by atoms with Crippen molar-refractivity contribution in [1.82, 2.24) is 5.32 Å². The smallest absolute Gasteiger partial charge is 0.236 e. The van der Waals surface area contributed by atoms with Crippen LogP contribution in [-0.2, 0) is 11.2 Å². The number of para-hydroxylation sites is 1. The number of benzene rings is 1. The average molecular weight is 261 g/mol.